The van der Waals surface area contributed by atoms with Gasteiger partial charge in [-0.15, -0.1) is 0 Å². The van der Waals surface area contributed by atoms with Crippen LogP contribution in [0.1, 0.15) is 22.3 Å². The Morgan fingerprint density at radius 2 is 1.76 bits per heavy atom. The number of nitrogens with one attached hydrogen (secondary N) is 2. The number of pyridine rings is 1. The first-order chi connectivity index (χ1) is 16.2. The quantitative estimate of drug-likeness (QED) is 0.490. The Bertz CT molecular complexity index is 1320. The fourth-order valence-corrected chi connectivity index (χ4v) is 4.18. The van der Waals surface area contributed by atoms with Crippen LogP contribution in [0.3, 0.4) is 0 Å². The molecule has 0 saturated carbocycles. The van der Waals surface area contributed by atoms with E-state index in [1.807, 2.05) is 54.7 Å². The van der Waals surface area contributed by atoms with Gasteiger partial charge in [-0.3, -0.25) is 9.59 Å². The zero-order chi connectivity index (χ0) is 22.6. The van der Waals surface area contributed by atoms with Crippen molar-refractivity contribution in [1.82, 2.24) is 20.2 Å². The molecule has 6 nitrogen and oxygen atoms in total. The third-order valence-corrected chi connectivity index (χ3v) is 6.01. The van der Waals surface area contributed by atoms with Crippen molar-refractivity contribution < 1.29 is 9.59 Å². The summed E-state index contributed by atoms with van der Waals surface area (Å²) in [6.45, 7) is 1.14. The molecule has 5 rings (SSSR count). The van der Waals surface area contributed by atoms with Crippen molar-refractivity contribution in [2.24, 2.45) is 0 Å². The van der Waals surface area contributed by atoms with Gasteiger partial charge < -0.3 is 15.2 Å². The van der Waals surface area contributed by atoms with E-state index in [2.05, 4.69) is 27.4 Å². The number of amides is 2. The number of carbonyl (C=O) groups excluding carboxylic acids is 2. The van der Waals surface area contributed by atoms with Crippen LogP contribution in [0.4, 0.5) is 0 Å². The Labute approximate surface area is 192 Å². The summed E-state index contributed by atoms with van der Waals surface area (Å²) in [5, 5.41) is 3.85. The third-order valence-electron chi connectivity index (χ3n) is 6.01. The van der Waals surface area contributed by atoms with Gasteiger partial charge >= 0.3 is 0 Å². The highest BCUT2D eigenvalue weighted by atomic mass is 16.2. The predicted octanol–water partition coefficient (Wildman–Crippen LogP) is 4.28. The molecule has 2 amide bonds. The number of rotatable bonds is 5. The van der Waals surface area contributed by atoms with Crippen molar-refractivity contribution in [2.45, 2.75) is 6.42 Å². The summed E-state index contributed by atoms with van der Waals surface area (Å²) in [4.78, 5) is 34.5. The van der Waals surface area contributed by atoms with Crippen LogP contribution < -0.4 is 5.32 Å². The summed E-state index contributed by atoms with van der Waals surface area (Å²) in [5.41, 5.74) is 5.90. The molecule has 0 atom stereocenters. The SMILES string of the molecule is O=C(NCC(=O)N1CC=C(c2c[nH]c3ncccc23)CC1)c1ccc(-c2ccccc2)cc1. The van der Waals surface area contributed by atoms with E-state index in [9.17, 15) is 9.59 Å². The molecule has 0 radical (unpaired) electrons. The molecule has 33 heavy (non-hydrogen) atoms. The highest BCUT2D eigenvalue weighted by Crippen LogP contribution is 2.28. The van der Waals surface area contributed by atoms with Crippen LogP contribution in [-0.2, 0) is 4.79 Å². The van der Waals surface area contributed by atoms with Crippen LogP contribution in [-0.4, -0.2) is 46.3 Å². The van der Waals surface area contributed by atoms with E-state index in [-0.39, 0.29) is 18.4 Å². The zero-order valence-electron chi connectivity index (χ0n) is 18.1. The van der Waals surface area contributed by atoms with Gasteiger partial charge in [0, 0.05) is 42.0 Å². The van der Waals surface area contributed by atoms with Crippen LogP contribution in [0.5, 0.6) is 0 Å². The Balaban J connectivity index is 1.17. The fourth-order valence-electron chi connectivity index (χ4n) is 4.18. The van der Waals surface area contributed by atoms with Crippen LogP contribution in [0, 0.1) is 0 Å². The average molecular weight is 437 g/mol. The second-order valence-corrected chi connectivity index (χ2v) is 8.05. The van der Waals surface area contributed by atoms with Gasteiger partial charge in [0.2, 0.25) is 5.91 Å². The maximum absolute atomic E-state index is 12.6. The van der Waals surface area contributed by atoms with Gasteiger partial charge in [-0.2, -0.15) is 0 Å². The van der Waals surface area contributed by atoms with Crippen molar-refractivity contribution in [3.8, 4) is 11.1 Å². The minimum absolute atomic E-state index is 0.0144. The third kappa shape index (κ3) is 4.41. The molecular weight excluding hydrogens is 412 g/mol. The summed E-state index contributed by atoms with van der Waals surface area (Å²) in [5.74, 6) is -0.331. The standard InChI is InChI=1S/C27H24N4O2/c32-25(18-30-27(33)22-10-8-20(9-11-22)19-5-2-1-3-6-19)31-15-12-21(13-16-31)24-17-29-26-23(24)7-4-14-28-26/h1-12,14,17H,13,15-16,18H2,(H,28,29)(H,30,33). The molecular formula is C27H24N4O2. The number of fused-ring (bicyclic) bond motifs is 1. The number of nitrogens with zero attached hydrogens (tertiary/aromatic N) is 2. The highest BCUT2D eigenvalue weighted by molar-refractivity contribution is 5.97. The fraction of sp³-hybridized carbons (Fsp3) is 0.148. The molecule has 0 saturated heterocycles. The first-order valence-corrected chi connectivity index (χ1v) is 11.0. The topological polar surface area (TPSA) is 78.1 Å². The summed E-state index contributed by atoms with van der Waals surface area (Å²) in [7, 11) is 0. The molecule has 0 bridgehead atoms. The zero-order valence-corrected chi connectivity index (χ0v) is 18.1. The number of benzene rings is 2. The van der Waals surface area contributed by atoms with Crippen molar-refractivity contribution in [3.63, 3.8) is 0 Å². The molecule has 0 unspecified atom stereocenters. The lowest BCUT2D eigenvalue weighted by Crippen LogP contribution is -2.42. The summed E-state index contributed by atoms with van der Waals surface area (Å²) < 4.78 is 0. The van der Waals surface area contributed by atoms with E-state index in [4.69, 9.17) is 0 Å². The molecule has 3 heterocycles. The maximum Gasteiger partial charge on any atom is 0.251 e. The molecule has 0 aliphatic carbocycles. The first kappa shape index (κ1) is 20.7. The number of hydrogen-bond acceptors (Lipinski definition) is 3. The Morgan fingerprint density at radius 1 is 0.970 bits per heavy atom. The van der Waals surface area contributed by atoms with Crippen LogP contribution in [0.25, 0.3) is 27.7 Å². The van der Waals surface area contributed by atoms with Crippen molar-refractivity contribution in [1.29, 1.82) is 0 Å². The largest absolute Gasteiger partial charge is 0.346 e. The smallest absolute Gasteiger partial charge is 0.251 e. The average Bonchev–Trinajstić information content (AvgIpc) is 3.32. The predicted molar refractivity (Wildman–Crippen MR) is 129 cm³/mol. The Morgan fingerprint density at radius 3 is 2.52 bits per heavy atom. The lowest BCUT2D eigenvalue weighted by atomic mass is 9.99. The normalized spacial score (nSPS) is 13.6. The van der Waals surface area contributed by atoms with E-state index in [1.54, 1.807) is 23.2 Å². The monoisotopic (exact) mass is 436 g/mol. The molecule has 1 aliphatic rings. The van der Waals surface area contributed by atoms with Gasteiger partial charge in [-0.25, -0.2) is 4.98 Å². The molecule has 6 heteroatoms. The second kappa shape index (κ2) is 9.12. The van der Waals surface area contributed by atoms with Crippen molar-refractivity contribution in [3.05, 3.63) is 96.3 Å². The number of H-pyrrole nitrogens is 1. The van der Waals surface area contributed by atoms with Crippen LogP contribution >= 0.6 is 0 Å². The summed E-state index contributed by atoms with van der Waals surface area (Å²) in [6, 6.07) is 21.4. The number of carbonyl (C=O) groups is 2. The molecule has 0 fully saturated rings. The van der Waals surface area contributed by atoms with Crippen LogP contribution in [0.2, 0.25) is 0 Å². The van der Waals surface area contributed by atoms with Gasteiger partial charge in [0.15, 0.2) is 0 Å². The van der Waals surface area contributed by atoms with E-state index < -0.39 is 0 Å². The minimum atomic E-state index is -0.248. The molecule has 0 spiro atoms. The second-order valence-electron chi connectivity index (χ2n) is 8.05. The van der Waals surface area contributed by atoms with Gasteiger partial charge in [-0.05, 0) is 47.4 Å². The number of aromatic nitrogens is 2. The van der Waals surface area contributed by atoms with Gasteiger partial charge in [-0.1, -0.05) is 48.5 Å². The molecule has 2 aromatic carbocycles. The molecule has 1 aliphatic heterocycles. The van der Waals surface area contributed by atoms with Gasteiger partial charge in [0.1, 0.15) is 5.65 Å². The summed E-state index contributed by atoms with van der Waals surface area (Å²) in [6.07, 6.45) is 6.60. The number of aromatic amines is 1. The van der Waals surface area contributed by atoms with E-state index >= 15 is 0 Å². The Kier molecular flexibility index (Phi) is 5.72. The highest BCUT2D eigenvalue weighted by Gasteiger charge is 2.20. The van der Waals surface area contributed by atoms with Gasteiger partial charge in [0.05, 0.1) is 6.54 Å². The lowest BCUT2D eigenvalue weighted by Gasteiger charge is -2.26. The van der Waals surface area contributed by atoms with Crippen LogP contribution in [0.15, 0.2) is 85.2 Å². The maximum atomic E-state index is 12.6. The Hall–Kier alpha value is -4.19. The molecule has 2 aromatic heterocycles. The lowest BCUT2D eigenvalue weighted by molar-refractivity contribution is -0.129. The molecule has 164 valence electrons. The summed E-state index contributed by atoms with van der Waals surface area (Å²) >= 11 is 0. The van der Waals surface area contributed by atoms with E-state index in [0.717, 1.165) is 34.1 Å². The van der Waals surface area contributed by atoms with Crippen molar-refractivity contribution >= 4 is 28.4 Å². The minimum Gasteiger partial charge on any atom is -0.346 e. The van der Waals surface area contributed by atoms with E-state index in [1.165, 1.54) is 5.57 Å². The molecule has 4 aromatic rings. The number of hydrogen-bond donors (Lipinski definition) is 2. The van der Waals surface area contributed by atoms with Gasteiger partial charge in [0.25, 0.3) is 5.91 Å². The molecule has 2 N–H and O–H groups in total. The first-order valence-electron chi connectivity index (χ1n) is 11.0. The van der Waals surface area contributed by atoms with Crippen molar-refractivity contribution in [2.75, 3.05) is 19.6 Å². The van der Waals surface area contributed by atoms with E-state index in [0.29, 0.717) is 18.7 Å².